The number of nitro benzene ring substituents is 3. The molecule has 5 heterocycles. The monoisotopic (exact) mass is 1970 g/mol. The molecule has 9 aromatic carbocycles. The normalized spacial score (nSPS) is 11.7. The SMILES string of the molecule is C#Cc1cccc(N)c1.C#Cc1cccc(Nc2ncnc3ccc(CC(=O)CN4CCN(C)CC4)cc23)c1.C#Cc1cccc(Nc2ncnc3ccc(N)cc23)c1.C#Cc1cccc(Nc2ncnc3ccc([N+](=O)[O-])cc23)c1.CN(C)C=Nc1ccc([N+](=O)[O-])cc1C#N.CN1CCNCC1.COC(OC)N(C)C.N#Cc1cc([N+](=O)[O-])ccc1N.O=C(Cl)CCl.[Cl][Sn][Cl]. The van der Waals surface area contributed by atoms with Gasteiger partial charge in [-0.15, -0.1) is 37.3 Å². The number of hydrogen-bond acceptors (Lipinski definition) is 30. The van der Waals surface area contributed by atoms with E-state index in [4.69, 9.17) is 104 Å². The van der Waals surface area contributed by atoms with Gasteiger partial charge >= 0.3 is 36.7 Å². The van der Waals surface area contributed by atoms with E-state index in [1.807, 2.05) is 140 Å². The number of alkyl halides is 1. The van der Waals surface area contributed by atoms with Crippen molar-refractivity contribution in [2.75, 3.05) is 154 Å². The van der Waals surface area contributed by atoms with E-state index in [2.05, 4.69) is 109 Å². The predicted molar refractivity (Wildman–Crippen MR) is 527 cm³/mol. The Morgan fingerprint density at radius 2 is 0.947 bits per heavy atom. The number of nitrogens with zero attached hydrogens (tertiary/aromatic N) is 17. The second-order valence-corrected chi connectivity index (χ2v) is 33.1. The van der Waals surface area contributed by atoms with E-state index in [0.717, 1.165) is 112 Å². The van der Waals surface area contributed by atoms with Crippen molar-refractivity contribution in [1.82, 2.24) is 59.7 Å². The molecule has 0 saturated carbocycles. The molecule has 2 fully saturated rings. The number of aromatic nitrogens is 6. The maximum atomic E-state index is 12.6. The Morgan fingerprint density at radius 1 is 0.553 bits per heavy atom. The van der Waals surface area contributed by atoms with Gasteiger partial charge in [0.05, 0.1) is 66.9 Å². The summed E-state index contributed by atoms with van der Waals surface area (Å²) < 4.78 is 9.73. The summed E-state index contributed by atoms with van der Waals surface area (Å²) in [6.45, 7) is 9.15. The molecule has 12 aromatic rings. The zero-order valence-corrected chi connectivity index (χ0v) is 79.2. The molecule has 0 bridgehead atoms. The molecular weight excluding hydrogens is 1870 g/mol. The Morgan fingerprint density at radius 3 is 1.34 bits per heavy atom. The molecule has 2 aliphatic rings. The molecule has 10 N–H and O–H groups in total. The summed E-state index contributed by atoms with van der Waals surface area (Å²) in [5.41, 5.74) is 27.7. The third kappa shape index (κ3) is 38.9. The van der Waals surface area contributed by atoms with Crippen LogP contribution in [0.25, 0.3) is 32.7 Å². The molecule has 2 aliphatic heterocycles. The van der Waals surface area contributed by atoms with Crippen molar-refractivity contribution in [1.29, 1.82) is 10.5 Å². The van der Waals surface area contributed by atoms with E-state index in [-0.39, 0.29) is 52.0 Å². The number of ether oxygens (including phenoxy) is 2. The molecule has 680 valence electrons. The fraction of sp³-hybridized carbons (Fsp3) is 0.215. The quantitative estimate of drug-likeness (QED) is 0.00378. The molecule has 132 heavy (non-hydrogen) atoms. The molecule has 39 heteroatoms. The molecule has 0 spiro atoms. The van der Waals surface area contributed by atoms with Crippen molar-refractivity contribution in [2.45, 2.75) is 12.8 Å². The van der Waals surface area contributed by atoms with Crippen LogP contribution in [0.15, 0.2) is 212 Å². The number of nitrogens with one attached hydrogen (secondary N) is 4. The van der Waals surface area contributed by atoms with Gasteiger partial charge in [0.25, 0.3) is 17.1 Å². The van der Waals surface area contributed by atoms with Gasteiger partial charge in [0, 0.05) is 196 Å². The Bertz CT molecular complexity index is 6140. The zero-order chi connectivity index (χ0) is 97.0. The van der Waals surface area contributed by atoms with Gasteiger partial charge in [0.1, 0.15) is 48.6 Å². The van der Waals surface area contributed by atoms with Crippen molar-refractivity contribution in [2.24, 2.45) is 4.99 Å². The zero-order valence-electron chi connectivity index (χ0n) is 73.3. The number of ketones is 1. The van der Waals surface area contributed by atoms with E-state index < -0.39 is 38.9 Å². The van der Waals surface area contributed by atoms with E-state index in [0.29, 0.717) is 58.4 Å². The average Bonchev–Trinajstić information content (AvgIpc) is 0.798. The summed E-state index contributed by atoms with van der Waals surface area (Å²) >= 11 is 8.72. The van der Waals surface area contributed by atoms with Gasteiger partial charge in [0.15, 0.2) is 5.78 Å². The van der Waals surface area contributed by atoms with E-state index in [1.165, 1.54) is 80.9 Å². The molecule has 0 atom stereocenters. The van der Waals surface area contributed by atoms with Gasteiger partial charge < -0.3 is 62.6 Å². The second-order valence-electron chi connectivity index (χ2n) is 28.1. The van der Waals surface area contributed by atoms with Gasteiger partial charge in [-0.05, 0) is 167 Å². The Balaban J connectivity index is 0.000000274. The van der Waals surface area contributed by atoms with Crippen LogP contribution >= 0.6 is 41.0 Å². The molecule has 2 saturated heterocycles. The minimum atomic E-state index is -0.826. The molecule has 14 rings (SSSR count). The number of nitrogen functional groups attached to an aromatic ring is 3. The molecule has 34 nitrogen and oxygen atoms in total. The van der Waals surface area contributed by atoms with E-state index >= 15 is 0 Å². The van der Waals surface area contributed by atoms with Crippen LogP contribution in [0.4, 0.5) is 74.3 Å². The number of non-ortho nitro benzene ring substituents is 3. The van der Waals surface area contributed by atoms with Gasteiger partial charge in [-0.1, -0.05) is 54.0 Å². The van der Waals surface area contributed by atoms with Gasteiger partial charge in [-0.25, -0.2) is 34.9 Å². The van der Waals surface area contributed by atoms with Gasteiger partial charge in [0.2, 0.25) is 11.7 Å². The topological polar surface area (TPSA) is 462 Å². The van der Waals surface area contributed by atoms with Gasteiger partial charge in [-0.3, -0.25) is 49.7 Å². The summed E-state index contributed by atoms with van der Waals surface area (Å²) in [5.74, 6) is 12.3. The summed E-state index contributed by atoms with van der Waals surface area (Å²) in [4.78, 5) is 92.1. The number of aliphatic imine (C=N–C) groups is 1. The third-order valence-electron chi connectivity index (χ3n) is 17.9. The Kier molecular flexibility index (Phi) is 48.4. The number of anilines is 9. The van der Waals surface area contributed by atoms with Crippen molar-refractivity contribution >= 4 is 184 Å². The minimum absolute atomic E-state index is 0.0114. The molecule has 0 amide bonds. The average molecular weight is 1970 g/mol. The van der Waals surface area contributed by atoms with Crippen LogP contribution < -0.4 is 38.5 Å². The molecule has 0 aliphatic carbocycles. The van der Waals surface area contributed by atoms with Crippen LogP contribution in [0.5, 0.6) is 0 Å². The fourth-order valence-corrected chi connectivity index (χ4v) is 11.4. The number of methoxy groups -OCH3 is 2. The van der Waals surface area contributed by atoms with Crippen molar-refractivity contribution in [3.63, 3.8) is 0 Å². The first-order chi connectivity index (χ1) is 63.3. The number of nitro groups is 3. The first-order valence-electron chi connectivity index (χ1n) is 39.4. The number of benzene rings is 9. The summed E-state index contributed by atoms with van der Waals surface area (Å²) in [5, 5.41) is 63.7. The number of nitriles is 2. The molecule has 2 radical (unpaired) electrons. The second kappa shape index (κ2) is 59.0. The number of nitrogens with two attached hydrogens (primary N) is 3. The number of Topliss-reactive ketones (excluding diaryl/α,β-unsaturated/α-hetero) is 1. The number of hydrogen-bond donors (Lipinski definition) is 7. The van der Waals surface area contributed by atoms with E-state index in [9.17, 15) is 39.9 Å². The van der Waals surface area contributed by atoms with Crippen molar-refractivity contribution in [3.8, 4) is 61.5 Å². The molecule has 0 unspecified atom stereocenters. The van der Waals surface area contributed by atoms with Gasteiger partial charge in [-0.2, -0.15) is 10.5 Å². The van der Waals surface area contributed by atoms with Crippen molar-refractivity contribution in [3.05, 3.63) is 276 Å². The number of terminal acetylenes is 4. The fourth-order valence-electron chi connectivity index (χ4n) is 11.4. The number of halogens is 4. The number of carbonyl (C=O) groups is 2. The number of carbonyl (C=O) groups excluding carboxylic acids is 2. The maximum absolute atomic E-state index is 12.6. The standard InChI is InChI=1S/C24H25N5O.C16H10N4O2.C16H12N4.C10H10N4O2.C8H7N.C7H5N3O2.C5H12N2.C5H13NO2.C2H2Cl2O.2ClH.Sn/c1-3-18-5-4-6-20(13-18)27-24-22-15-19(7-8-23(22)25-17-26-24)14-21(30)16-29-11-9-28(2)10-12-29;1-2-11-4-3-5-12(8-11)19-16-14-9-13(20(21)22)6-7-15(14)17-10-18-16;1-2-11-4-3-5-13(8-11)20-16-14-9-12(17)6-7-15(14)18-10-19-16;1-13(2)7-12-10-4-3-9(14(15)16)5-8(10)6-11;1-2-7-4-3-5-8(9)6-7;8-4-5-3-6(10(11)12)1-2-7(5)9;1-7-4-2-6-3-5-7;1-6(2)5(7-3)8-4;3-1-2(4)5;;;/h1,4-8,13,15,17H,9-12,14,16H2,2H3,(H,25,26,27);1,3-10H,(H,17,18,19);1,3-10H,17H2,(H,18,19,20);3-5,7H,1-2H3;1,3-6H,9H2;1-3H,9H2;6H,2-5H2,1H3;5H,1-4H3;1H2;2*1H;/q;;;;;;;;;;;+2/p-2. The van der Waals surface area contributed by atoms with Crippen LogP contribution in [-0.2, 0) is 25.5 Å². The van der Waals surface area contributed by atoms with Crippen LogP contribution in [0, 0.1) is 102 Å². The first kappa shape index (κ1) is 108. The Labute approximate surface area is 793 Å². The van der Waals surface area contributed by atoms with Crippen LogP contribution in [-0.4, -0.2) is 233 Å². The molecular formula is C93H96Cl4N24O10Sn. The number of piperazine rings is 2. The van der Waals surface area contributed by atoms with Crippen molar-refractivity contribution < 1.29 is 33.8 Å². The first-order valence-corrected chi connectivity index (χ1v) is 47.5. The van der Waals surface area contributed by atoms with E-state index in [1.54, 1.807) is 63.5 Å². The van der Waals surface area contributed by atoms with Crippen LogP contribution in [0.2, 0.25) is 0 Å². The molecule has 3 aromatic heterocycles. The van der Waals surface area contributed by atoms with Crippen LogP contribution in [0.1, 0.15) is 38.9 Å². The number of rotatable bonds is 19. The summed E-state index contributed by atoms with van der Waals surface area (Å²) in [6, 6.07) is 57.0. The summed E-state index contributed by atoms with van der Waals surface area (Å²) in [7, 11) is 24.7. The third-order valence-corrected chi connectivity index (χ3v) is 18.4. The summed E-state index contributed by atoms with van der Waals surface area (Å²) in [6.07, 6.45) is 27.6. The predicted octanol–water partition coefficient (Wildman–Crippen LogP) is 14.5. The van der Waals surface area contributed by atoms with Crippen LogP contribution in [0.3, 0.4) is 0 Å². The Hall–Kier alpha value is -14.3. The number of fused-ring (bicyclic) bond motifs is 3. The number of likely N-dealkylation sites (N-methyl/N-ethyl adjacent to an activating group) is 2.